The summed E-state index contributed by atoms with van der Waals surface area (Å²) in [5.74, 6) is -0.954. The lowest BCUT2D eigenvalue weighted by Crippen LogP contribution is -2.39. The Bertz CT molecular complexity index is 917. The van der Waals surface area contributed by atoms with Crippen LogP contribution in [0.5, 0.6) is 0 Å². The van der Waals surface area contributed by atoms with E-state index in [1.54, 1.807) is 11.9 Å². The Hall–Kier alpha value is -3.15. The van der Waals surface area contributed by atoms with Crippen LogP contribution in [0.25, 0.3) is 0 Å². The summed E-state index contributed by atoms with van der Waals surface area (Å²) in [5, 5.41) is 2.89. The van der Waals surface area contributed by atoms with Crippen molar-refractivity contribution in [1.29, 1.82) is 0 Å². The second kappa shape index (κ2) is 8.47. The van der Waals surface area contributed by atoms with Crippen LogP contribution >= 0.6 is 0 Å². The Morgan fingerprint density at radius 1 is 1.07 bits per heavy atom. The van der Waals surface area contributed by atoms with Gasteiger partial charge in [-0.3, -0.25) is 14.4 Å². The summed E-state index contributed by atoms with van der Waals surface area (Å²) in [4.78, 5) is 40.7. The Balaban J connectivity index is 1.60. The van der Waals surface area contributed by atoms with Gasteiger partial charge < -0.3 is 15.1 Å². The fraction of sp³-hybridized carbons (Fsp3) is 0.348. The molecule has 1 saturated heterocycles. The quantitative estimate of drug-likeness (QED) is 0.849. The summed E-state index contributed by atoms with van der Waals surface area (Å²) < 4.78 is 0. The molecule has 0 spiro atoms. The number of nitrogens with zero attached hydrogens (tertiary/aromatic N) is 2. The molecule has 6 nitrogen and oxygen atoms in total. The standard InChI is InChI=1S/C23H27N3O3/c1-15-8-10-19(11-9-15)26-13-18(12-21(26)28)23(29)25(4)14-20(27)24-22-16(2)6-5-7-17(22)3/h5-11,18H,12-14H2,1-4H3,(H,24,27)/t18-/m1/s1. The molecule has 2 aromatic carbocycles. The Morgan fingerprint density at radius 2 is 1.69 bits per heavy atom. The van der Waals surface area contributed by atoms with E-state index >= 15 is 0 Å². The zero-order valence-corrected chi connectivity index (χ0v) is 17.4. The first-order chi connectivity index (χ1) is 13.8. The van der Waals surface area contributed by atoms with Crippen LogP contribution in [0, 0.1) is 26.7 Å². The molecule has 3 amide bonds. The van der Waals surface area contributed by atoms with Gasteiger partial charge >= 0.3 is 0 Å². The minimum Gasteiger partial charge on any atom is -0.336 e. The number of hydrogen-bond donors (Lipinski definition) is 1. The molecule has 1 aliphatic heterocycles. The highest BCUT2D eigenvalue weighted by Crippen LogP contribution is 2.26. The van der Waals surface area contributed by atoms with E-state index in [0.29, 0.717) is 6.54 Å². The zero-order valence-electron chi connectivity index (χ0n) is 17.4. The molecule has 1 atom stereocenters. The second-order valence-electron chi connectivity index (χ2n) is 7.75. The SMILES string of the molecule is Cc1ccc(N2C[C@H](C(=O)N(C)CC(=O)Nc3c(C)cccc3C)CC2=O)cc1. The third-order valence-corrected chi connectivity index (χ3v) is 5.32. The van der Waals surface area contributed by atoms with E-state index in [0.717, 1.165) is 28.1 Å². The molecule has 0 bridgehead atoms. The smallest absolute Gasteiger partial charge is 0.243 e. The maximum Gasteiger partial charge on any atom is 0.243 e. The number of carbonyl (C=O) groups excluding carboxylic acids is 3. The van der Waals surface area contributed by atoms with Gasteiger partial charge in [0.2, 0.25) is 17.7 Å². The molecular formula is C23H27N3O3. The Kier molecular flexibility index (Phi) is 6.01. The van der Waals surface area contributed by atoms with Crippen LogP contribution in [0.1, 0.15) is 23.1 Å². The number of carbonyl (C=O) groups is 3. The molecule has 1 N–H and O–H groups in total. The van der Waals surface area contributed by atoms with Crippen molar-refractivity contribution >= 4 is 29.1 Å². The molecule has 29 heavy (non-hydrogen) atoms. The highest BCUT2D eigenvalue weighted by Gasteiger charge is 2.36. The molecule has 1 aliphatic rings. The number of para-hydroxylation sites is 1. The van der Waals surface area contributed by atoms with Gasteiger partial charge in [0.15, 0.2) is 0 Å². The van der Waals surface area contributed by atoms with E-state index in [1.807, 2.05) is 63.2 Å². The maximum atomic E-state index is 12.8. The summed E-state index contributed by atoms with van der Waals surface area (Å²) in [7, 11) is 1.60. The zero-order chi connectivity index (χ0) is 21.1. The molecule has 1 heterocycles. The van der Waals surface area contributed by atoms with Gasteiger partial charge in [0, 0.05) is 31.4 Å². The van der Waals surface area contributed by atoms with E-state index in [-0.39, 0.29) is 30.7 Å². The van der Waals surface area contributed by atoms with Crippen LogP contribution in [-0.2, 0) is 14.4 Å². The Labute approximate surface area is 171 Å². The topological polar surface area (TPSA) is 69.7 Å². The van der Waals surface area contributed by atoms with E-state index in [1.165, 1.54) is 4.90 Å². The number of likely N-dealkylation sites (N-methyl/N-ethyl adjacent to an activating group) is 1. The van der Waals surface area contributed by atoms with Crippen LogP contribution in [-0.4, -0.2) is 42.8 Å². The maximum absolute atomic E-state index is 12.8. The summed E-state index contributed by atoms with van der Waals surface area (Å²) in [6, 6.07) is 13.5. The molecule has 6 heteroatoms. The van der Waals surface area contributed by atoms with Gasteiger partial charge in [-0.2, -0.15) is 0 Å². The minimum absolute atomic E-state index is 0.0537. The average molecular weight is 393 g/mol. The first-order valence-electron chi connectivity index (χ1n) is 9.74. The highest BCUT2D eigenvalue weighted by atomic mass is 16.2. The molecule has 0 aromatic heterocycles. The van der Waals surface area contributed by atoms with Gasteiger partial charge in [-0.05, 0) is 44.0 Å². The summed E-state index contributed by atoms with van der Waals surface area (Å²) in [6.07, 6.45) is 0.162. The fourth-order valence-electron chi connectivity index (χ4n) is 3.64. The number of hydrogen-bond acceptors (Lipinski definition) is 3. The van der Waals surface area contributed by atoms with E-state index in [9.17, 15) is 14.4 Å². The normalized spacial score (nSPS) is 16.1. The summed E-state index contributed by atoms with van der Waals surface area (Å²) in [5.41, 5.74) is 4.64. The van der Waals surface area contributed by atoms with Crippen LogP contribution in [0.2, 0.25) is 0 Å². The molecule has 0 aliphatic carbocycles. The van der Waals surface area contributed by atoms with Crippen molar-refractivity contribution in [2.75, 3.05) is 30.4 Å². The molecule has 0 radical (unpaired) electrons. The highest BCUT2D eigenvalue weighted by molar-refractivity contribution is 6.01. The van der Waals surface area contributed by atoms with Crippen molar-refractivity contribution in [3.8, 4) is 0 Å². The van der Waals surface area contributed by atoms with Crippen molar-refractivity contribution in [1.82, 2.24) is 4.90 Å². The van der Waals surface area contributed by atoms with Crippen molar-refractivity contribution in [3.63, 3.8) is 0 Å². The van der Waals surface area contributed by atoms with Crippen LogP contribution in [0.3, 0.4) is 0 Å². The number of benzene rings is 2. The minimum atomic E-state index is -0.443. The fourth-order valence-corrected chi connectivity index (χ4v) is 3.64. The molecule has 1 fully saturated rings. The summed E-state index contributed by atoms with van der Waals surface area (Å²) >= 11 is 0. The van der Waals surface area contributed by atoms with Gasteiger partial charge in [-0.15, -0.1) is 0 Å². The monoisotopic (exact) mass is 393 g/mol. The van der Waals surface area contributed by atoms with E-state index in [2.05, 4.69) is 5.32 Å². The van der Waals surface area contributed by atoms with E-state index < -0.39 is 5.92 Å². The van der Waals surface area contributed by atoms with Crippen molar-refractivity contribution in [2.24, 2.45) is 5.92 Å². The molecule has 152 valence electrons. The summed E-state index contributed by atoms with van der Waals surface area (Å²) in [6.45, 7) is 6.13. The predicted octanol–water partition coefficient (Wildman–Crippen LogP) is 3.06. The largest absolute Gasteiger partial charge is 0.336 e. The molecule has 3 rings (SSSR count). The van der Waals surface area contributed by atoms with Gasteiger partial charge in [0.1, 0.15) is 0 Å². The van der Waals surface area contributed by atoms with Crippen LogP contribution in [0.4, 0.5) is 11.4 Å². The van der Waals surface area contributed by atoms with Crippen LogP contribution in [0.15, 0.2) is 42.5 Å². The van der Waals surface area contributed by atoms with E-state index in [4.69, 9.17) is 0 Å². The van der Waals surface area contributed by atoms with Gasteiger partial charge in [0.05, 0.1) is 12.5 Å². The van der Waals surface area contributed by atoms with Crippen LogP contribution < -0.4 is 10.2 Å². The molecule has 0 saturated carbocycles. The predicted molar refractivity (Wildman–Crippen MR) is 114 cm³/mol. The first-order valence-corrected chi connectivity index (χ1v) is 9.74. The van der Waals surface area contributed by atoms with Gasteiger partial charge in [-0.25, -0.2) is 0 Å². The van der Waals surface area contributed by atoms with Gasteiger partial charge in [-0.1, -0.05) is 35.9 Å². The number of anilines is 2. The first kappa shape index (κ1) is 20.6. The number of aryl methyl sites for hydroxylation is 3. The van der Waals surface area contributed by atoms with Crippen molar-refractivity contribution < 1.29 is 14.4 Å². The van der Waals surface area contributed by atoms with Crippen molar-refractivity contribution in [3.05, 3.63) is 59.2 Å². The van der Waals surface area contributed by atoms with Crippen molar-refractivity contribution in [2.45, 2.75) is 27.2 Å². The number of nitrogens with one attached hydrogen (secondary N) is 1. The number of rotatable bonds is 5. The molecule has 2 aromatic rings. The lowest BCUT2D eigenvalue weighted by Gasteiger charge is -2.21. The molecular weight excluding hydrogens is 366 g/mol. The third kappa shape index (κ3) is 4.65. The number of amides is 3. The lowest BCUT2D eigenvalue weighted by molar-refractivity contribution is -0.137. The Morgan fingerprint density at radius 3 is 2.31 bits per heavy atom. The molecule has 0 unspecified atom stereocenters. The third-order valence-electron chi connectivity index (χ3n) is 5.32. The lowest BCUT2D eigenvalue weighted by atomic mass is 10.1. The van der Waals surface area contributed by atoms with Gasteiger partial charge in [0.25, 0.3) is 0 Å². The second-order valence-corrected chi connectivity index (χ2v) is 7.75. The average Bonchev–Trinajstić information content (AvgIpc) is 3.06.